The minimum Gasteiger partial charge on any atom is -0.510 e. The number of carbonyl (C=O) groups excluding carboxylic acids is 4. The minimum absolute atomic E-state index is 0.0211. The Kier molecular flexibility index (Phi) is 39.4. The highest BCUT2D eigenvalue weighted by Crippen LogP contribution is 2.34. The van der Waals surface area contributed by atoms with E-state index >= 15 is 0 Å². The molecule has 0 heterocycles. The molecule has 0 saturated carbocycles. The fourth-order valence-electron chi connectivity index (χ4n) is 11.4. The average molecular weight is 1240 g/mol. The standard InChI is InChI=1S/C75H110N6O9/c1-6-9-11-13-15-21-27-38-62(40-29-23-17-19-25-35-56-89-74(87)66-42-31-33-44-68(66)78-80-70(58(4)83)72(85)76-64-50-46-60(37-8-3)47-51-64)63(39-28-22-16-14-12-10-7-2)41-30-24-18-20-26-36-57-90-75(88)67-43-32-34-45-69(67)79-81-71(59(5)84)73(86)77-65-52-48-61(49-53-65)54-55-82/h31-34,42-53,62-63,82-84H,6-30,35-41,54-57H2,1-5H3,(H,76,85)(H,77,86). The lowest BCUT2D eigenvalue weighted by atomic mass is 9.78. The maximum absolute atomic E-state index is 13.3. The van der Waals surface area contributed by atoms with E-state index in [0.29, 0.717) is 31.0 Å². The van der Waals surface area contributed by atoms with E-state index in [1.165, 1.54) is 161 Å². The lowest BCUT2D eigenvalue weighted by Crippen LogP contribution is -2.16. The molecule has 15 heteroatoms. The summed E-state index contributed by atoms with van der Waals surface area (Å²) in [6.07, 6.45) is 39.2. The van der Waals surface area contributed by atoms with Crippen LogP contribution in [0.15, 0.2) is 140 Å². The van der Waals surface area contributed by atoms with Gasteiger partial charge in [0.05, 0.1) is 24.3 Å². The van der Waals surface area contributed by atoms with Crippen molar-refractivity contribution in [2.75, 3.05) is 30.5 Å². The summed E-state index contributed by atoms with van der Waals surface area (Å²) >= 11 is 0. The second-order valence-electron chi connectivity index (χ2n) is 24.3. The van der Waals surface area contributed by atoms with Crippen molar-refractivity contribution >= 4 is 46.5 Å². The maximum atomic E-state index is 13.3. The van der Waals surface area contributed by atoms with Crippen molar-refractivity contribution in [2.24, 2.45) is 32.3 Å². The second-order valence-corrected chi connectivity index (χ2v) is 24.3. The van der Waals surface area contributed by atoms with E-state index in [1.807, 2.05) is 24.3 Å². The van der Waals surface area contributed by atoms with Gasteiger partial charge in [-0.2, -0.15) is 0 Å². The van der Waals surface area contributed by atoms with E-state index < -0.39 is 23.8 Å². The monoisotopic (exact) mass is 1240 g/mol. The molecule has 0 aliphatic carbocycles. The summed E-state index contributed by atoms with van der Waals surface area (Å²) in [6.45, 7) is 10.0. The number of benzene rings is 4. The quantitative estimate of drug-likeness (QED) is 0.00932. The third kappa shape index (κ3) is 31.2. The summed E-state index contributed by atoms with van der Waals surface area (Å²) in [5.41, 5.74) is 3.55. The summed E-state index contributed by atoms with van der Waals surface area (Å²) < 4.78 is 11.4. The van der Waals surface area contributed by atoms with Crippen LogP contribution in [0.4, 0.5) is 22.7 Å². The van der Waals surface area contributed by atoms with Gasteiger partial charge >= 0.3 is 11.9 Å². The number of hydrogen-bond acceptors (Lipinski definition) is 13. The summed E-state index contributed by atoms with van der Waals surface area (Å²) in [6, 6.07) is 28.0. The Balaban J connectivity index is 1.22. The first-order valence-electron chi connectivity index (χ1n) is 34.5. The summed E-state index contributed by atoms with van der Waals surface area (Å²) in [5, 5.41) is 51.9. The van der Waals surface area contributed by atoms with Crippen molar-refractivity contribution in [3.8, 4) is 0 Å². The number of nitrogens with zero attached hydrogens (tertiary/aromatic N) is 4. The smallest absolute Gasteiger partial charge is 0.340 e. The van der Waals surface area contributed by atoms with Gasteiger partial charge in [0.2, 0.25) is 0 Å². The molecule has 0 radical (unpaired) electrons. The van der Waals surface area contributed by atoms with E-state index in [0.717, 1.165) is 81.6 Å². The van der Waals surface area contributed by atoms with Crippen LogP contribution >= 0.6 is 0 Å². The Labute approximate surface area is 539 Å². The molecule has 5 N–H and O–H groups in total. The number of hydrogen-bond donors (Lipinski definition) is 5. The number of carbonyl (C=O) groups is 4. The number of anilines is 2. The van der Waals surface area contributed by atoms with Crippen LogP contribution in [0, 0.1) is 11.8 Å². The molecular formula is C75H110N6O9. The van der Waals surface area contributed by atoms with Crippen molar-refractivity contribution in [1.82, 2.24) is 0 Å². The van der Waals surface area contributed by atoms with Crippen LogP contribution in [0.1, 0.15) is 266 Å². The predicted octanol–water partition coefficient (Wildman–Crippen LogP) is 21.2. The van der Waals surface area contributed by atoms with Crippen LogP contribution in [0.2, 0.25) is 0 Å². The van der Waals surface area contributed by atoms with Crippen molar-refractivity contribution in [1.29, 1.82) is 0 Å². The molecule has 494 valence electrons. The number of rotatable bonds is 49. The van der Waals surface area contributed by atoms with Gasteiger partial charge in [0.25, 0.3) is 11.8 Å². The average Bonchev–Trinajstić information content (AvgIpc) is 1.85. The zero-order chi connectivity index (χ0) is 64.8. The molecule has 4 rings (SSSR count). The van der Waals surface area contributed by atoms with Gasteiger partial charge in [0.1, 0.15) is 22.9 Å². The van der Waals surface area contributed by atoms with Crippen LogP contribution < -0.4 is 10.6 Å². The molecule has 0 aliphatic heterocycles. The van der Waals surface area contributed by atoms with Gasteiger partial charge in [-0.3, -0.25) is 9.59 Å². The zero-order valence-corrected chi connectivity index (χ0v) is 55.4. The first-order chi connectivity index (χ1) is 43.9. The van der Waals surface area contributed by atoms with Crippen LogP contribution in [-0.2, 0) is 31.9 Å². The van der Waals surface area contributed by atoms with Gasteiger partial charge in [-0.1, -0.05) is 256 Å². The largest absolute Gasteiger partial charge is 0.510 e. The molecule has 4 aromatic rings. The lowest BCUT2D eigenvalue weighted by Gasteiger charge is -2.28. The normalized spacial score (nSPS) is 12.8. The molecular weight excluding hydrogens is 1130 g/mol. The van der Waals surface area contributed by atoms with Gasteiger partial charge in [0.15, 0.2) is 11.4 Å². The van der Waals surface area contributed by atoms with Crippen molar-refractivity contribution in [3.63, 3.8) is 0 Å². The molecule has 2 atom stereocenters. The van der Waals surface area contributed by atoms with E-state index in [1.54, 1.807) is 72.8 Å². The lowest BCUT2D eigenvalue weighted by molar-refractivity contribution is -0.113. The Bertz CT molecular complexity index is 2600. The highest BCUT2D eigenvalue weighted by atomic mass is 16.5. The summed E-state index contributed by atoms with van der Waals surface area (Å²) in [7, 11) is 0. The zero-order valence-electron chi connectivity index (χ0n) is 55.4. The fraction of sp³-hybridized carbons (Fsp3) is 0.573. The molecule has 0 saturated heterocycles. The van der Waals surface area contributed by atoms with Gasteiger partial charge < -0.3 is 35.4 Å². The Morgan fingerprint density at radius 1 is 0.411 bits per heavy atom. The van der Waals surface area contributed by atoms with Crippen molar-refractivity contribution in [2.45, 2.75) is 247 Å². The molecule has 0 bridgehead atoms. The molecule has 0 aliphatic rings. The third-order valence-corrected chi connectivity index (χ3v) is 16.7. The fourth-order valence-corrected chi connectivity index (χ4v) is 11.4. The Morgan fingerprint density at radius 3 is 1.07 bits per heavy atom. The molecule has 4 aromatic carbocycles. The summed E-state index contributed by atoms with van der Waals surface area (Å²) in [4.78, 5) is 52.7. The van der Waals surface area contributed by atoms with Gasteiger partial charge in [-0.05, 0) is 111 Å². The van der Waals surface area contributed by atoms with Gasteiger partial charge in [-0.15, -0.1) is 20.5 Å². The Hall–Kier alpha value is -7.00. The number of allylic oxidation sites excluding steroid dienone is 2. The summed E-state index contributed by atoms with van der Waals surface area (Å²) in [5.74, 6) is -1.39. The van der Waals surface area contributed by atoms with E-state index in [9.17, 15) is 34.5 Å². The van der Waals surface area contributed by atoms with E-state index in [2.05, 4.69) is 51.9 Å². The first-order valence-corrected chi connectivity index (χ1v) is 34.5. The maximum Gasteiger partial charge on any atom is 0.340 e. The molecule has 2 amide bonds. The van der Waals surface area contributed by atoms with E-state index in [4.69, 9.17) is 9.47 Å². The number of esters is 2. The SMILES string of the molecule is CCCCCCCCCC(CCCCCCCCOC(=O)c1ccccc1N=NC(C(=O)Nc1ccc(CCC)cc1)=C(C)O)C(CCCCCCCCC)CCCCCCCCOC(=O)c1ccccc1N=NC(C(=O)Nc1ccc(CCO)cc1)=C(C)O. The van der Waals surface area contributed by atoms with Crippen LogP contribution in [0.3, 0.4) is 0 Å². The van der Waals surface area contributed by atoms with Crippen LogP contribution in [-0.4, -0.2) is 58.9 Å². The van der Waals surface area contributed by atoms with Gasteiger partial charge in [0, 0.05) is 18.0 Å². The van der Waals surface area contributed by atoms with Crippen molar-refractivity contribution in [3.05, 3.63) is 142 Å². The minimum atomic E-state index is -0.658. The predicted molar refractivity (Wildman–Crippen MR) is 365 cm³/mol. The number of aryl methyl sites for hydroxylation is 1. The highest BCUT2D eigenvalue weighted by Gasteiger charge is 2.22. The first kappa shape index (κ1) is 75.5. The highest BCUT2D eigenvalue weighted by molar-refractivity contribution is 6.04. The van der Waals surface area contributed by atoms with Gasteiger partial charge in [-0.25, -0.2) is 9.59 Å². The number of azo groups is 2. The number of unbranched alkanes of at least 4 members (excludes halogenated alkanes) is 22. The molecule has 0 spiro atoms. The third-order valence-electron chi connectivity index (χ3n) is 16.7. The number of aliphatic hydroxyl groups is 3. The molecule has 15 nitrogen and oxygen atoms in total. The van der Waals surface area contributed by atoms with Crippen LogP contribution in [0.5, 0.6) is 0 Å². The number of amides is 2. The van der Waals surface area contributed by atoms with Crippen molar-refractivity contribution < 1.29 is 44.0 Å². The number of ether oxygens (including phenoxy) is 2. The molecule has 0 fully saturated rings. The molecule has 2 unspecified atom stereocenters. The Morgan fingerprint density at radius 2 is 0.733 bits per heavy atom. The molecule has 0 aromatic heterocycles. The molecule has 90 heavy (non-hydrogen) atoms. The topological polar surface area (TPSA) is 221 Å². The second kappa shape index (κ2) is 47.0. The number of aliphatic hydroxyl groups excluding tert-OH is 3. The van der Waals surface area contributed by atoms with Crippen LogP contribution in [0.25, 0.3) is 0 Å². The number of nitrogens with one attached hydrogen (secondary N) is 2. The van der Waals surface area contributed by atoms with E-state index in [-0.39, 0.29) is 52.0 Å².